The molecule has 3 nitrogen and oxygen atoms in total. The molecule has 2 aromatic rings. The molecule has 0 saturated carbocycles. The summed E-state index contributed by atoms with van der Waals surface area (Å²) in [6.07, 6.45) is 2.03. The van der Waals surface area contributed by atoms with Gasteiger partial charge in [0.05, 0.1) is 0 Å². The number of rotatable bonds is 7. The first-order valence-electron chi connectivity index (χ1n) is 7.76. The van der Waals surface area contributed by atoms with Crippen molar-refractivity contribution in [1.82, 2.24) is 5.32 Å². The van der Waals surface area contributed by atoms with Gasteiger partial charge in [0.25, 0.3) is 0 Å². The van der Waals surface area contributed by atoms with Gasteiger partial charge in [0.1, 0.15) is 0 Å². The Balaban J connectivity index is 1.82. The third kappa shape index (κ3) is 4.71. The third-order valence-electron chi connectivity index (χ3n) is 3.94. The van der Waals surface area contributed by atoms with E-state index >= 15 is 0 Å². The topological polar surface area (TPSA) is 55.1 Å². The van der Waals surface area contributed by atoms with Gasteiger partial charge in [-0.15, -0.1) is 0 Å². The summed E-state index contributed by atoms with van der Waals surface area (Å²) in [6, 6.07) is 18.8. The van der Waals surface area contributed by atoms with Crippen LogP contribution in [0, 0.1) is 0 Å². The highest BCUT2D eigenvalue weighted by atomic mass is 16.1. The summed E-state index contributed by atoms with van der Waals surface area (Å²) in [5.74, 6) is -0.377. The van der Waals surface area contributed by atoms with E-state index < -0.39 is 0 Å². The second-order valence-corrected chi connectivity index (χ2v) is 5.80. The van der Waals surface area contributed by atoms with Crippen molar-refractivity contribution >= 4 is 5.91 Å². The number of nitrogens with one attached hydrogen (secondary N) is 1. The molecule has 0 saturated heterocycles. The lowest BCUT2D eigenvalue weighted by Crippen LogP contribution is -2.29. The number of hydrogen-bond donors (Lipinski definition) is 2. The van der Waals surface area contributed by atoms with Gasteiger partial charge in [-0.1, -0.05) is 42.5 Å². The fraction of sp³-hybridized carbons (Fsp3) is 0.316. The van der Waals surface area contributed by atoms with E-state index in [1.807, 2.05) is 18.2 Å². The van der Waals surface area contributed by atoms with E-state index in [0.29, 0.717) is 17.6 Å². The van der Waals surface area contributed by atoms with Crippen LogP contribution in [0.1, 0.15) is 47.8 Å². The van der Waals surface area contributed by atoms with E-state index in [2.05, 4.69) is 43.4 Å². The molecular formula is C19H24N2O. The zero-order valence-electron chi connectivity index (χ0n) is 13.3. The van der Waals surface area contributed by atoms with Crippen molar-refractivity contribution in [3.8, 4) is 0 Å². The molecular weight excluding hydrogens is 272 g/mol. The number of amides is 1. The Morgan fingerprint density at radius 3 is 2.27 bits per heavy atom. The van der Waals surface area contributed by atoms with Gasteiger partial charge in [-0.3, -0.25) is 4.79 Å². The van der Waals surface area contributed by atoms with Crippen LogP contribution in [0.3, 0.4) is 0 Å². The Hall–Kier alpha value is -2.13. The summed E-state index contributed by atoms with van der Waals surface area (Å²) >= 11 is 0. The summed E-state index contributed by atoms with van der Waals surface area (Å²) in [6.45, 7) is 4.39. The molecule has 0 aliphatic carbocycles. The predicted octanol–water partition coefficient (Wildman–Crippen LogP) is 3.46. The van der Waals surface area contributed by atoms with Crippen molar-refractivity contribution in [2.24, 2.45) is 5.73 Å². The maximum absolute atomic E-state index is 11.0. The number of aryl methyl sites for hydroxylation is 1. The van der Waals surface area contributed by atoms with E-state index in [1.54, 1.807) is 12.1 Å². The van der Waals surface area contributed by atoms with Gasteiger partial charge in [0.15, 0.2) is 0 Å². The molecule has 2 atom stereocenters. The molecule has 3 heteroatoms. The second kappa shape index (κ2) is 7.76. The van der Waals surface area contributed by atoms with E-state index in [-0.39, 0.29) is 5.91 Å². The minimum Gasteiger partial charge on any atom is -0.366 e. The smallest absolute Gasteiger partial charge is 0.248 e. The van der Waals surface area contributed by atoms with Crippen LogP contribution in [0.4, 0.5) is 0 Å². The molecule has 0 aliphatic heterocycles. The first-order valence-corrected chi connectivity index (χ1v) is 7.76. The molecule has 0 radical (unpaired) electrons. The van der Waals surface area contributed by atoms with E-state index in [4.69, 9.17) is 5.73 Å². The van der Waals surface area contributed by atoms with Crippen LogP contribution in [0.5, 0.6) is 0 Å². The molecule has 2 rings (SSSR count). The predicted molar refractivity (Wildman–Crippen MR) is 90.7 cm³/mol. The molecule has 0 fully saturated rings. The fourth-order valence-electron chi connectivity index (χ4n) is 2.57. The summed E-state index contributed by atoms with van der Waals surface area (Å²) in [5, 5.41) is 3.62. The Bertz CT molecular complexity index is 593. The summed E-state index contributed by atoms with van der Waals surface area (Å²) in [7, 11) is 0. The van der Waals surface area contributed by atoms with E-state index in [0.717, 1.165) is 12.8 Å². The molecule has 0 unspecified atom stereocenters. The molecule has 3 N–H and O–H groups in total. The van der Waals surface area contributed by atoms with Crippen LogP contribution < -0.4 is 11.1 Å². The molecule has 116 valence electrons. The molecule has 1 amide bonds. The van der Waals surface area contributed by atoms with E-state index in [9.17, 15) is 4.79 Å². The van der Waals surface area contributed by atoms with Gasteiger partial charge in [-0.25, -0.2) is 0 Å². The largest absolute Gasteiger partial charge is 0.366 e. The second-order valence-electron chi connectivity index (χ2n) is 5.80. The highest BCUT2D eigenvalue weighted by molar-refractivity contribution is 5.92. The average Bonchev–Trinajstić information content (AvgIpc) is 2.54. The van der Waals surface area contributed by atoms with Crippen molar-refractivity contribution in [2.75, 3.05) is 0 Å². The van der Waals surface area contributed by atoms with E-state index in [1.165, 1.54) is 11.1 Å². The fourth-order valence-corrected chi connectivity index (χ4v) is 2.57. The molecule has 22 heavy (non-hydrogen) atoms. The molecule has 0 bridgehead atoms. The van der Waals surface area contributed by atoms with Gasteiger partial charge < -0.3 is 11.1 Å². The van der Waals surface area contributed by atoms with Gasteiger partial charge in [-0.2, -0.15) is 0 Å². The Morgan fingerprint density at radius 2 is 1.68 bits per heavy atom. The number of carbonyl (C=O) groups is 1. The van der Waals surface area contributed by atoms with Gasteiger partial charge in [0.2, 0.25) is 5.91 Å². The number of benzene rings is 2. The van der Waals surface area contributed by atoms with Crippen LogP contribution in [-0.4, -0.2) is 11.9 Å². The first-order chi connectivity index (χ1) is 10.6. The van der Waals surface area contributed by atoms with Crippen molar-refractivity contribution in [3.63, 3.8) is 0 Å². The van der Waals surface area contributed by atoms with Gasteiger partial charge in [-0.05, 0) is 49.9 Å². The van der Waals surface area contributed by atoms with Gasteiger partial charge in [0, 0.05) is 17.6 Å². The quantitative estimate of drug-likeness (QED) is 0.822. The van der Waals surface area contributed by atoms with Gasteiger partial charge >= 0.3 is 0 Å². The molecule has 0 spiro atoms. The van der Waals surface area contributed by atoms with Crippen LogP contribution in [0.15, 0.2) is 54.6 Å². The minimum absolute atomic E-state index is 0.341. The maximum Gasteiger partial charge on any atom is 0.248 e. The number of nitrogens with two attached hydrogens (primary N) is 1. The standard InChI is InChI=1S/C19H24N2O/c1-14(21-15(2)17-6-4-3-5-7-17)8-9-16-10-12-18(13-11-16)19(20)22/h3-7,10-15,21H,8-9H2,1-2H3,(H2,20,22)/t14-,15-/m0/s1. The highest BCUT2D eigenvalue weighted by Gasteiger charge is 2.09. The Labute approximate surface area is 132 Å². The van der Waals surface area contributed by atoms with Crippen LogP contribution in [-0.2, 0) is 6.42 Å². The van der Waals surface area contributed by atoms with Crippen LogP contribution in [0.25, 0.3) is 0 Å². The van der Waals surface area contributed by atoms with Crippen molar-refractivity contribution in [2.45, 2.75) is 38.8 Å². The molecule has 2 aromatic carbocycles. The average molecular weight is 296 g/mol. The Kier molecular flexibility index (Phi) is 5.73. The number of carbonyl (C=O) groups excluding carboxylic acids is 1. The number of hydrogen-bond acceptors (Lipinski definition) is 2. The summed E-state index contributed by atoms with van der Waals surface area (Å²) in [5.41, 5.74) is 8.34. The summed E-state index contributed by atoms with van der Waals surface area (Å²) in [4.78, 5) is 11.0. The first kappa shape index (κ1) is 16.2. The highest BCUT2D eigenvalue weighted by Crippen LogP contribution is 2.14. The lowest BCUT2D eigenvalue weighted by molar-refractivity contribution is 0.100. The zero-order chi connectivity index (χ0) is 15.9. The van der Waals surface area contributed by atoms with Crippen LogP contribution >= 0.6 is 0 Å². The lowest BCUT2D eigenvalue weighted by Gasteiger charge is -2.20. The van der Waals surface area contributed by atoms with Crippen molar-refractivity contribution < 1.29 is 4.79 Å². The van der Waals surface area contributed by atoms with Crippen LogP contribution in [0.2, 0.25) is 0 Å². The molecule has 0 aliphatic rings. The lowest BCUT2D eigenvalue weighted by atomic mass is 10.0. The minimum atomic E-state index is -0.377. The zero-order valence-corrected chi connectivity index (χ0v) is 13.3. The summed E-state index contributed by atoms with van der Waals surface area (Å²) < 4.78 is 0. The maximum atomic E-state index is 11.0. The number of primary amides is 1. The molecule has 0 aromatic heterocycles. The Morgan fingerprint density at radius 1 is 1.05 bits per heavy atom. The van der Waals surface area contributed by atoms with Crippen molar-refractivity contribution in [3.05, 3.63) is 71.3 Å². The monoisotopic (exact) mass is 296 g/mol. The normalized spacial score (nSPS) is 13.5. The third-order valence-corrected chi connectivity index (χ3v) is 3.94. The van der Waals surface area contributed by atoms with Crippen molar-refractivity contribution in [1.29, 1.82) is 0 Å². The molecule has 0 heterocycles. The SMILES string of the molecule is C[C@H](N[C@@H](C)CCc1ccc(C(N)=O)cc1)c1ccccc1.